The predicted molar refractivity (Wildman–Crippen MR) is 46.9 cm³/mol. The minimum Gasteiger partial charge on any atom is -0.369 e. The molecule has 1 rings (SSSR count). The van der Waals surface area contributed by atoms with E-state index in [4.69, 9.17) is 5.73 Å². The standard InChI is InChI=1S/C9H10N2O2/c1-6(9(10)13)8(12)7-2-4-11-5-3-7/h2-6H,1H3,(H2,10,13). The highest BCUT2D eigenvalue weighted by Gasteiger charge is 2.19. The Balaban J connectivity index is 2.86. The number of rotatable bonds is 3. The molecule has 1 aromatic heterocycles. The van der Waals surface area contributed by atoms with Gasteiger partial charge in [-0.05, 0) is 19.1 Å². The molecule has 0 aromatic carbocycles. The second kappa shape index (κ2) is 3.80. The van der Waals surface area contributed by atoms with Crippen molar-refractivity contribution in [3.05, 3.63) is 30.1 Å². The van der Waals surface area contributed by atoms with Crippen molar-refractivity contribution in [2.24, 2.45) is 11.7 Å². The van der Waals surface area contributed by atoms with Gasteiger partial charge in [-0.15, -0.1) is 0 Å². The third kappa shape index (κ3) is 2.11. The van der Waals surface area contributed by atoms with Crippen LogP contribution in [-0.2, 0) is 4.79 Å². The molecule has 1 unspecified atom stereocenters. The number of hydrogen-bond donors (Lipinski definition) is 1. The molecule has 0 aliphatic heterocycles. The minimum absolute atomic E-state index is 0.269. The van der Waals surface area contributed by atoms with Crippen molar-refractivity contribution >= 4 is 11.7 Å². The molecule has 4 heteroatoms. The van der Waals surface area contributed by atoms with Crippen LogP contribution in [0.15, 0.2) is 24.5 Å². The number of pyridine rings is 1. The molecular weight excluding hydrogens is 168 g/mol. The molecule has 13 heavy (non-hydrogen) atoms. The largest absolute Gasteiger partial charge is 0.369 e. The second-order valence-corrected chi connectivity index (χ2v) is 2.72. The number of carbonyl (C=O) groups is 2. The summed E-state index contributed by atoms with van der Waals surface area (Å²) in [5.41, 5.74) is 5.46. The van der Waals surface area contributed by atoms with Gasteiger partial charge in [0.1, 0.15) is 0 Å². The van der Waals surface area contributed by atoms with E-state index in [-0.39, 0.29) is 5.78 Å². The Bertz CT molecular complexity index is 322. The van der Waals surface area contributed by atoms with Gasteiger partial charge < -0.3 is 5.73 Å². The van der Waals surface area contributed by atoms with Gasteiger partial charge in [0.2, 0.25) is 5.91 Å². The van der Waals surface area contributed by atoms with E-state index in [0.717, 1.165) is 0 Å². The summed E-state index contributed by atoms with van der Waals surface area (Å²) < 4.78 is 0. The lowest BCUT2D eigenvalue weighted by molar-refractivity contribution is -0.119. The molecule has 0 aliphatic rings. The van der Waals surface area contributed by atoms with Crippen LogP contribution in [-0.4, -0.2) is 16.7 Å². The monoisotopic (exact) mass is 178 g/mol. The van der Waals surface area contributed by atoms with Crippen LogP contribution < -0.4 is 5.73 Å². The van der Waals surface area contributed by atoms with Crippen molar-refractivity contribution < 1.29 is 9.59 Å². The Kier molecular flexibility index (Phi) is 2.74. The average Bonchev–Trinajstić information content (AvgIpc) is 2.17. The zero-order valence-corrected chi connectivity index (χ0v) is 7.23. The number of nitrogens with zero attached hydrogens (tertiary/aromatic N) is 1. The SMILES string of the molecule is CC(C(N)=O)C(=O)c1ccncc1. The maximum atomic E-state index is 11.5. The first-order valence-corrected chi connectivity index (χ1v) is 3.86. The van der Waals surface area contributed by atoms with Crippen molar-refractivity contribution in [3.63, 3.8) is 0 Å². The molecule has 0 saturated carbocycles. The molecule has 0 aliphatic carbocycles. The molecule has 0 spiro atoms. The van der Waals surface area contributed by atoms with Gasteiger partial charge in [0.05, 0.1) is 5.92 Å². The number of carbonyl (C=O) groups excluding carboxylic acids is 2. The van der Waals surface area contributed by atoms with E-state index >= 15 is 0 Å². The van der Waals surface area contributed by atoms with Crippen molar-refractivity contribution in [2.45, 2.75) is 6.92 Å². The third-order valence-corrected chi connectivity index (χ3v) is 1.78. The van der Waals surface area contributed by atoms with Crippen LogP contribution in [0, 0.1) is 5.92 Å². The summed E-state index contributed by atoms with van der Waals surface area (Å²) >= 11 is 0. The van der Waals surface area contributed by atoms with E-state index in [9.17, 15) is 9.59 Å². The normalized spacial score (nSPS) is 12.1. The topological polar surface area (TPSA) is 73.1 Å². The summed E-state index contributed by atoms with van der Waals surface area (Å²) in [6.07, 6.45) is 3.00. The summed E-state index contributed by atoms with van der Waals surface area (Å²) in [6, 6.07) is 3.11. The molecule has 1 heterocycles. The summed E-state index contributed by atoms with van der Waals surface area (Å²) in [6.45, 7) is 1.49. The lowest BCUT2D eigenvalue weighted by Crippen LogP contribution is -2.27. The Morgan fingerprint density at radius 3 is 2.38 bits per heavy atom. The maximum Gasteiger partial charge on any atom is 0.228 e. The molecule has 68 valence electrons. The molecule has 2 N–H and O–H groups in total. The van der Waals surface area contributed by atoms with Crippen LogP contribution in [0.4, 0.5) is 0 Å². The minimum atomic E-state index is -0.776. The lowest BCUT2D eigenvalue weighted by atomic mass is 10.00. The van der Waals surface area contributed by atoms with E-state index in [1.807, 2.05) is 0 Å². The van der Waals surface area contributed by atoms with Gasteiger partial charge in [-0.1, -0.05) is 0 Å². The predicted octanol–water partition coefficient (Wildman–Crippen LogP) is 0.386. The van der Waals surface area contributed by atoms with Gasteiger partial charge in [-0.25, -0.2) is 0 Å². The van der Waals surface area contributed by atoms with E-state index < -0.39 is 11.8 Å². The van der Waals surface area contributed by atoms with Crippen LogP contribution in [0.2, 0.25) is 0 Å². The summed E-state index contributed by atoms with van der Waals surface area (Å²) in [4.78, 5) is 25.9. The third-order valence-electron chi connectivity index (χ3n) is 1.78. The fourth-order valence-corrected chi connectivity index (χ4v) is 0.895. The van der Waals surface area contributed by atoms with Gasteiger partial charge in [0.25, 0.3) is 0 Å². The Morgan fingerprint density at radius 1 is 1.38 bits per heavy atom. The molecule has 1 atom stereocenters. The van der Waals surface area contributed by atoms with Gasteiger partial charge >= 0.3 is 0 Å². The first kappa shape index (κ1) is 9.38. The van der Waals surface area contributed by atoms with Gasteiger partial charge in [-0.2, -0.15) is 0 Å². The first-order valence-electron chi connectivity index (χ1n) is 3.86. The summed E-state index contributed by atoms with van der Waals surface area (Å²) in [5, 5.41) is 0. The van der Waals surface area contributed by atoms with Gasteiger partial charge in [-0.3, -0.25) is 14.6 Å². The van der Waals surface area contributed by atoms with Gasteiger partial charge in [0.15, 0.2) is 5.78 Å². The highest BCUT2D eigenvalue weighted by atomic mass is 16.2. The second-order valence-electron chi connectivity index (χ2n) is 2.72. The smallest absolute Gasteiger partial charge is 0.228 e. The molecule has 0 saturated heterocycles. The first-order chi connectivity index (χ1) is 6.13. The Hall–Kier alpha value is -1.71. The van der Waals surface area contributed by atoms with E-state index in [2.05, 4.69) is 4.98 Å². The molecule has 0 bridgehead atoms. The van der Waals surface area contributed by atoms with Crippen LogP contribution in [0.3, 0.4) is 0 Å². The number of amides is 1. The molecule has 1 amide bonds. The van der Waals surface area contributed by atoms with E-state index in [1.165, 1.54) is 19.3 Å². The van der Waals surface area contributed by atoms with Crippen molar-refractivity contribution in [3.8, 4) is 0 Å². The zero-order valence-electron chi connectivity index (χ0n) is 7.23. The van der Waals surface area contributed by atoms with Crippen molar-refractivity contribution in [1.29, 1.82) is 0 Å². The average molecular weight is 178 g/mol. The lowest BCUT2D eigenvalue weighted by Gasteiger charge is -2.04. The molecule has 0 radical (unpaired) electrons. The van der Waals surface area contributed by atoms with E-state index in [1.54, 1.807) is 12.1 Å². The number of Topliss-reactive ketones (excluding diaryl/α,β-unsaturated/α-hetero) is 1. The quantitative estimate of drug-likeness (QED) is 0.537. The summed E-state index contributed by atoms with van der Waals surface area (Å²) in [7, 11) is 0. The van der Waals surface area contributed by atoms with E-state index in [0.29, 0.717) is 5.56 Å². The summed E-state index contributed by atoms with van der Waals surface area (Å²) in [5.74, 6) is -1.65. The number of primary amides is 1. The highest BCUT2D eigenvalue weighted by Crippen LogP contribution is 2.06. The molecule has 1 aromatic rings. The van der Waals surface area contributed by atoms with Gasteiger partial charge in [0, 0.05) is 18.0 Å². The molecule has 4 nitrogen and oxygen atoms in total. The van der Waals surface area contributed by atoms with Crippen LogP contribution in [0.1, 0.15) is 17.3 Å². The fraction of sp³-hybridized carbons (Fsp3) is 0.222. The number of nitrogens with two attached hydrogens (primary N) is 1. The van der Waals surface area contributed by atoms with Crippen LogP contribution in [0.25, 0.3) is 0 Å². The molecular formula is C9H10N2O2. The van der Waals surface area contributed by atoms with Crippen molar-refractivity contribution in [1.82, 2.24) is 4.98 Å². The highest BCUT2D eigenvalue weighted by molar-refractivity contribution is 6.09. The van der Waals surface area contributed by atoms with Crippen LogP contribution in [0.5, 0.6) is 0 Å². The Morgan fingerprint density at radius 2 is 1.92 bits per heavy atom. The zero-order chi connectivity index (χ0) is 9.84. The number of hydrogen-bond acceptors (Lipinski definition) is 3. The number of ketones is 1. The maximum absolute atomic E-state index is 11.5. The van der Waals surface area contributed by atoms with Crippen LogP contribution >= 0.6 is 0 Å². The number of aromatic nitrogens is 1. The van der Waals surface area contributed by atoms with Crippen molar-refractivity contribution in [2.75, 3.05) is 0 Å². The fourth-order valence-electron chi connectivity index (χ4n) is 0.895. The molecule has 0 fully saturated rings. The Labute approximate surface area is 75.8 Å².